The highest BCUT2D eigenvalue weighted by Crippen LogP contribution is 2.37. The van der Waals surface area contributed by atoms with Crippen LogP contribution in [0.25, 0.3) is 0 Å². The van der Waals surface area contributed by atoms with Gasteiger partial charge in [0, 0.05) is 18.4 Å². The molecular weight excluding hydrogens is 389 g/mol. The highest BCUT2D eigenvalue weighted by atomic mass is 35.5. The van der Waals surface area contributed by atoms with E-state index in [1.807, 2.05) is 13.8 Å². The Morgan fingerprint density at radius 3 is 2.37 bits per heavy atom. The molecule has 0 aromatic heterocycles. The topological polar surface area (TPSA) is 70.7 Å². The van der Waals surface area contributed by atoms with E-state index in [9.17, 15) is 9.59 Å². The SMILES string of the molecule is CN1C(=O)C(C)(C)COc2ccc(NC(=O)Nc3ccc(Cl)c(Cl)c3)cc21. The zero-order valence-corrected chi connectivity index (χ0v) is 16.6. The summed E-state index contributed by atoms with van der Waals surface area (Å²) in [6, 6.07) is 9.50. The van der Waals surface area contributed by atoms with E-state index in [0.717, 1.165) is 0 Å². The minimum absolute atomic E-state index is 0.0568. The number of amides is 3. The fourth-order valence-corrected chi connectivity index (χ4v) is 3.03. The molecule has 6 nitrogen and oxygen atoms in total. The van der Waals surface area contributed by atoms with Gasteiger partial charge in [0.2, 0.25) is 5.91 Å². The molecule has 0 unspecified atom stereocenters. The molecule has 0 spiro atoms. The minimum Gasteiger partial charge on any atom is -0.490 e. The Morgan fingerprint density at radius 1 is 1.07 bits per heavy atom. The van der Waals surface area contributed by atoms with E-state index < -0.39 is 11.4 Å². The fourth-order valence-electron chi connectivity index (χ4n) is 2.73. The molecular formula is C19H19Cl2N3O3. The van der Waals surface area contributed by atoms with Crippen molar-refractivity contribution < 1.29 is 14.3 Å². The molecule has 0 radical (unpaired) electrons. The van der Waals surface area contributed by atoms with E-state index in [4.69, 9.17) is 27.9 Å². The molecule has 0 bridgehead atoms. The Morgan fingerprint density at radius 2 is 1.70 bits per heavy atom. The summed E-state index contributed by atoms with van der Waals surface area (Å²) >= 11 is 11.8. The molecule has 3 rings (SSSR count). The number of hydrogen-bond acceptors (Lipinski definition) is 3. The molecule has 1 aliphatic rings. The Kier molecular flexibility index (Phi) is 5.22. The quantitative estimate of drug-likeness (QED) is 0.733. The summed E-state index contributed by atoms with van der Waals surface area (Å²) in [5.41, 5.74) is 0.994. The Bertz CT molecular complexity index is 915. The van der Waals surface area contributed by atoms with Gasteiger partial charge in [-0.2, -0.15) is 0 Å². The normalized spacial score (nSPS) is 15.4. The van der Waals surface area contributed by atoms with Crippen LogP contribution in [-0.2, 0) is 4.79 Å². The maximum atomic E-state index is 12.6. The molecule has 27 heavy (non-hydrogen) atoms. The van der Waals surface area contributed by atoms with E-state index >= 15 is 0 Å². The largest absolute Gasteiger partial charge is 0.490 e. The molecule has 0 saturated heterocycles. The molecule has 142 valence electrons. The van der Waals surface area contributed by atoms with Gasteiger partial charge >= 0.3 is 6.03 Å². The van der Waals surface area contributed by atoms with Crippen LogP contribution in [0.4, 0.5) is 21.9 Å². The Labute approximate surface area is 167 Å². The average Bonchev–Trinajstić information content (AvgIpc) is 2.69. The molecule has 2 aromatic rings. The summed E-state index contributed by atoms with van der Waals surface area (Å²) < 4.78 is 5.77. The standard InChI is InChI=1S/C19H19Cl2N3O3/c1-19(2)10-27-16-7-5-12(9-15(16)24(3)17(19)25)23-18(26)22-11-4-6-13(20)14(21)8-11/h4-9H,10H2,1-3H3,(H2,22,23,26). The maximum Gasteiger partial charge on any atom is 0.323 e. The lowest BCUT2D eigenvalue weighted by atomic mass is 9.93. The van der Waals surface area contributed by atoms with Crippen LogP contribution < -0.4 is 20.3 Å². The molecule has 0 saturated carbocycles. The van der Waals surface area contributed by atoms with Crippen molar-refractivity contribution in [2.75, 3.05) is 29.2 Å². The van der Waals surface area contributed by atoms with E-state index in [1.165, 1.54) is 0 Å². The lowest BCUT2D eigenvalue weighted by Gasteiger charge is -2.24. The van der Waals surface area contributed by atoms with Crippen molar-refractivity contribution in [3.8, 4) is 5.75 Å². The van der Waals surface area contributed by atoms with Crippen LogP contribution >= 0.6 is 23.2 Å². The molecule has 2 aromatic carbocycles. The monoisotopic (exact) mass is 407 g/mol. The van der Waals surface area contributed by atoms with Crippen molar-refractivity contribution in [2.24, 2.45) is 5.41 Å². The fraction of sp³-hybridized carbons (Fsp3) is 0.263. The van der Waals surface area contributed by atoms with E-state index in [0.29, 0.717) is 32.9 Å². The number of nitrogens with one attached hydrogen (secondary N) is 2. The van der Waals surface area contributed by atoms with Crippen LogP contribution in [0.15, 0.2) is 36.4 Å². The number of rotatable bonds is 2. The van der Waals surface area contributed by atoms with E-state index in [2.05, 4.69) is 10.6 Å². The smallest absolute Gasteiger partial charge is 0.323 e. The summed E-state index contributed by atoms with van der Waals surface area (Å²) in [5, 5.41) is 6.16. The summed E-state index contributed by atoms with van der Waals surface area (Å²) in [6.07, 6.45) is 0. The lowest BCUT2D eigenvalue weighted by molar-refractivity contribution is -0.127. The minimum atomic E-state index is -0.632. The number of halogens is 2. The van der Waals surface area contributed by atoms with Gasteiger partial charge in [0.15, 0.2) is 0 Å². The third-order valence-electron chi connectivity index (χ3n) is 4.23. The predicted molar refractivity (Wildman–Crippen MR) is 108 cm³/mol. The number of ether oxygens (including phenoxy) is 1. The molecule has 0 fully saturated rings. The van der Waals surface area contributed by atoms with Crippen molar-refractivity contribution in [3.63, 3.8) is 0 Å². The van der Waals surface area contributed by atoms with Gasteiger partial charge in [-0.15, -0.1) is 0 Å². The highest BCUT2D eigenvalue weighted by molar-refractivity contribution is 6.42. The molecule has 0 atom stereocenters. The number of urea groups is 1. The number of carbonyl (C=O) groups excluding carboxylic acids is 2. The maximum absolute atomic E-state index is 12.6. The van der Waals surface area contributed by atoms with Gasteiger partial charge in [0.25, 0.3) is 0 Å². The summed E-state index contributed by atoms with van der Waals surface area (Å²) in [6.45, 7) is 3.96. The molecule has 0 aliphatic carbocycles. The number of nitrogens with zero attached hydrogens (tertiary/aromatic N) is 1. The van der Waals surface area contributed by atoms with Crippen LogP contribution in [-0.4, -0.2) is 25.6 Å². The first kappa shape index (κ1) is 19.3. The van der Waals surface area contributed by atoms with Crippen LogP contribution in [0.1, 0.15) is 13.8 Å². The van der Waals surface area contributed by atoms with Gasteiger partial charge in [0.1, 0.15) is 12.4 Å². The van der Waals surface area contributed by atoms with Crippen molar-refractivity contribution in [1.82, 2.24) is 0 Å². The number of fused-ring (bicyclic) bond motifs is 1. The van der Waals surface area contributed by atoms with Crippen LogP contribution in [0, 0.1) is 5.41 Å². The molecule has 8 heteroatoms. The number of carbonyl (C=O) groups is 2. The number of hydrogen-bond donors (Lipinski definition) is 2. The number of benzene rings is 2. The second-order valence-corrected chi connectivity index (χ2v) is 7.74. The predicted octanol–water partition coefficient (Wildman–Crippen LogP) is 5.02. The van der Waals surface area contributed by atoms with Crippen molar-refractivity contribution in [3.05, 3.63) is 46.4 Å². The first-order valence-corrected chi connectivity index (χ1v) is 9.01. The van der Waals surface area contributed by atoms with Gasteiger partial charge in [-0.1, -0.05) is 23.2 Å². The van der Waals surface area contributed by atoms with Crippen LogP contribution in [0.3, 0.4) is 0 Å². The second kappa shape index (κ2) is 7.29. The Hall–Kier alpha value is -2.44. The van der Waals surface area contributed by atoms with Gasteiger partial charge < -0.3 is 20.3 Å². The summed E-state index contributed by atoms with van der Waals surface area (Å²) in [5.74, 6) is 0.533. The Balaban J connectivity index is 1.77. The molecule has 1 aliphatic heterocycles. The summed E-state index contributed by atoms with van der Waals surface area (Å²) in [7, 11) is 1.69. The van der Waals surface area contributed by atoms with Crippen LogP contribution in [0.2, 0.25) is 10.0 Å². The van der Waals surface area contributed by atoms with Gasteiger partial charge in [0.05, 0.1) is 21.1 Å². The number of anilines is 3. The second-order valence-electron chi connectivity index (χ2n) is 6.93. The molecule has 2 N–H and O–H groups in total. The average molecular weight is 408 g/mol. The first-order chi connectivity index (χ1) is 12.7. The highest BCUT2D eigenvalue weighted by Gasteiger charge is 2.36. The third kappa shape index (κ3) is 4.12. The van der Waals surface area contributed by atoms with Crippen molar-refractivity contribution in [1.29, 1.82) is 0 Å². The van der Waals surface area contributed by atoms with Gasteiger partial charge in [-0.3, -0.25) is 4.79 Å². The van der Waals surface area contributed by atoms with Gasteiger partial charge in [-0.05, 0) is 50.2 Å². The van der Waals surface area contributed by atoms with E-state index in [-0.39, 0.29) is 12.5 Å². The zero-order chi connectivity index (χ0) is 19.8. The molecule has 1 heterocycles. The molecule has 3 amide bonds. The van der Waals surface area contributed by atoms with Crippen LogP contribution in [0.5, 0.6) is 5.75 Å². The zero-order valence-electron chi connectivity index (χ0n) is 15.1. The van der Waals surface area contributed by atoms with Gasteiger partial charge in [-0.25, -0.2) is 4.79 Å². The van der Waals surface area contributed by atoms with Crippen molar-refractivity contribution >= 4 is 52.2 Å². The van der Waals surface area contributed by atoms with Crippen molar-refractivity contribution in [2.45, 2.75) is 13.8 Å². The lowest BCUT2D eigenvalue weighted by Crippen LogP contribution is -2.39. The summed E-state index contributed by atoms with van der Waals surface area (Å²) in [4.78, 5) is 26.4. The first-order valence-electron chi connectivity index (χ1n) is 8.25. The van der Waals surface area contributed by atoms with E-state index in [1.54, 1.807) is 48.3 Å². The third-order valence-corrected chi connectivity index (χ3v) is 4.97.